The minimum Gasteiger partial charge on any atom is -0.493 e. The lowest BCUT2D eigenvalue weighted by Gasteiger charge is -2.41. The van der Waals surface area contributed by atoms with Gasteiger partial charge >= 0.3 is 0 Å². The zero-order valence-electron chi connectivity index (χ0n) is 17.5. The van der Waals surface area contributed by atoms with Crippen LogP contribution in [0.4, 0.5) is 0 Å². The summed E-state index contributed by atoms with van der Waals surface area (Å²) in [6.07, 6.45) is 0. The van der Waals surface area contributed by atoms with Crippen LogP contribution in [0.25, 0.3) is 0 Å². The summed E-state index contributed by atoms with van der Waals surface area (Å²) in [7, 11) is 1.81. The van der Waals surface area contributed by atoms with E-state index in [9.17, 15) is 0 Å². The second kappa shape index (κ2) is 10.5. The number of morpholine rings is 1. The van der Waals surface area contributed by atoms with Crippen LogP contribution in [-0.4, -0.2) is 62.9 Å². The lowest BCUT2D eigenvalue weighted by Crippen LogP contribution is -2.56. The van der Waals surface area contributed by atoms with Crippen LogP contribution in [0.15, 0.2) is 29.3 Å². The van der Waals surface area contributed by atoms with Gasteiger partial charge in [0.1, 0.15) is 5.75 Å². The maximum atomic E-state index is 5.73. The summed E-state index contributed by atoms with van der Waals surface area (Å²) in [5, 5.41) is 6.84. The van der Waals surface area contributed by atoms with Gasteiger partial charge in [-0.15, -0.1) is 0 Å². The van der Waals surface area contributed by atoms with E-state index in [2.05, 4.69) is 60.4 Å². The van der Waals surface area contributed by atoms with E-state index in [0.717, 1.165) is 57.7 Å². The van der Waals surface area contributed by atoms with Crippen molar-refractivity contribution in [3.05, 3.63) is 29.8 Å². The molecular formula is C21H36N4O2. The smallest absolute Gasteiger partial charge is 0.191 e. The Bertz CT molecular complexity index is 578. The van der Waals surface area contributed by atoms with Gasteiger partial charge in [-0.05, 0) is 37.5 Å². The molecule has 0 saturated carbocycles. The van der Waals surface area contributed by atoms with Crippen LogP contribution in [0.1, 0.15) is 33.3 Å². The molecule has 0 unspecified atom stereocenters. The number of ether oxygens (including phenoxy) is 2. The molecule has 1 aromatic rings. The van der Waals surface area contributed by atoms with E-state index in [-0.39, 0.29) is 5.54 Å². The highest BCUT2D eigenvalue weighted by molar-refractivity contribution is 5.79. The third-order valence-corrected chi connectivity index (χ3v) is 4.75. The van der Waals surface area contributed by atoms with E-state index in [0.29, 0.717) is 5.92 Å². The first kappa shape index (κ1) is 21.5. The largest absolute Gasteiger partial charge is 0.493 e. The second-order valence-corrected chi connectivity index (χ2v) is 8.04. The van der Waals surface area contributed by atoms with Crippen LogP contribution in [-0.2, 0) is 11.3 Å². The molecule has 1 saturated heterocycles. The van der Waals surface area contributed by atoms with Crippen molar-refractivity contribution < 1.29 is 9.47 Å². The topological polar surface area (TPSA) is 58.1 Å². The van der Waals surface area contributed by atoms with Crippen LogP contribution in [0.3, 0.4) is 0 Å². The molecule has 0 atom stereocenters. The summed E-state index contributed by atoms with van der Waals surface area (Å²) in [5.41, 5.74) is 1.25. The van der Waals surface area contributed by atoms with Gasteiger partial charge in [0.25, 0.3) is 0 Å². The van der Waals surface area contributed by atoms with E-state index in [1.165, 1.54) is 5.56 Å². The molecule has 1 aromatic carbocycles. The zero-order valence-corrected chi connectivity index (χ0v) is 17.5. The molecule has 152 valence electrons. The molecule has 0 aromatic heterocycles. The number of nitrogens with zero attached hydrogens (tertiary/aromatic N) is 2. The fourth-order valence-corrected chi connectivity index (χ4v) is 2.95. The molecule has 6 heteroatoms. The van der Waals surface area contributed by atoms with Crippen molar-refractivity contribution in [2.24, 2.45) is 10.9 Å². The fourth-order valence-electron chi connectivity index (χ4n) is 2.95. The van der Waals surface area contributed by atoms with E-state index < -0.39 is 0 Å². The second-order valence-electron chi connectivity index (χ2n) is 8.04. The van der Waals surface area contributed by atoms with E-state index >= 15 is 0 Å². The Morgan fingerprint density at radius 1 is 1.19 bits per heavy atom. The number of benzene rings is 1. The SMILES string of the molecule is CN=C(NCc1ccc(OCC(C)C)cc1)NCC(C)(C)N1CCOCC1. The van der Waals surface area contributed by atoms with Gasteiger partial charge in [0.15, 0.2) is 5.96 Å². The summed E-state index contributed by atoms with van der Waals surface area (Å²) >= 11 is 0. The highest BCUT2D eigenvalue weighted by Crippen LogP contribution is 2.15. The first-order valence-electron chi connectivity index (χ1n) is 9.90. The van der Waals surface area contributed by atoms with Gasteiger partial charge < -0.3 is 20.1 Å². The molecule has 1 aliphatic heterocycles. The van der Waals surface area contributed by atoms with Crippen molar-refractivity contribution in [3.8, 4) is 5.75 Å². The quantitative estimate of drug-likeness (QED) is 0.539. The average molecular weight is 377 g/mol. The molecule has 1 heterocycles. The van der Waals surface area contributed by atoms with E-state index in [1.54, 1.807) is 7.05 Å². The van der Waals surface area contributed by atoms with Crippen LogP contribution in [0.5, 0.6) is 5.75 Å². The number of guanidine groups is 1. The predicted molar refractivity (Wildman–Crippen MR) is 111 cm³/mol. The molecule has 0 radical (unpaired) electrons. The van der Waals surface area contributed by atoms with Crippen LogP contribution < -0.4 is 15.4 Å². The normalized spacial score (nSPS) is 16.4. The Kier molecular flexibility index (Phi) is 8.38. The molecule has 2 rings (SSSR count). The zero-order chi connectivity index (χ0) is 19.7. The number of aliphatic imine (C=N–C) groups is 1. The molecule has 6 nitrogen and oxygen atoms in total. The maximum Gasteiger partial charge on any atom is 0.191 e. The van der Waals surface area contributed by atoms with Gasteiger partial charge in [-0.25, -0.2) is 0 Å². The van der Waals surface area contributed by atoms with Crippen molar-refractivity contribution in [2.45, 2.75) is 39.8 Å². The minimum absolute atomic E-state index is 0.0524. The molecule has 0 amide bonds. The van der Waals surface area contributed by atoms with Gasteiger partial charge in [0.2, 0.25) is 0 Å². The molecular weight excluding hydrogens is 340 g/mol. The molecule has 2 N–H and O–H groups in total. The first-order valence-corrected chi connectivity index (χ1v) is 9.90. The fraction of sp³-hybridized carbons (Fsp3) is 0.667. The van der Waals surface area contributed by atoms with Gasteiger partial charge in [0, 0.05) is 38.8 Å². The lowest BCUT2D eigenvalue weighted by molar-refractivity contribution is -0.00834. The standard InChI is InChI=1S/C21H36N4O2/c1-17(2)15-27-19-8-6-18(7-9-19)14-23-20(22-5)24-16-21(3,4)25-10-12-26-13-11-25/h6-9,17H,10-16H2,1-5H3,(H2,22,23,24). The van der Waals surface area contributed by atoms with Crippen LogP contribution >= 0.6 is 0 Å². The predicted octanol–water partition coefficient (Wildman–Crippen LogP) is 2.50. The molecule has 1 fully saturated rings. The van der Waals surface area contributed by atoms with Crippen molar-refractivity contribution in [1.82, 2.24) is 15.5 Å². The summed E-state index contributed by atoms with van der Waals surface area (Å²) in [6.45, 7) is 14.7. The van der Waals surface area contributed by atoms with E-state index in [4.69, 9.17) is 9.47 Å². The molecule has 0 aliphatic carbocycles. The van der Waals surface area contributed by atoms with Crippen LogP contribution in [0, 0.1) is 5.92 Å². The Morgan fingerprint density at radius 3 is 2.44 bits per heavy atom. The van der Waals surface area contributed by atoms with Gasteiger partial charge in [-0.1, -0.05) is 26.0 Å². The highest BCUT2D eigenvalue weighted by Gasteiger charge is 2.28. The summed E-state index contributed by atoms with van der Waals surface area (Å²) in [4.78, 5) is 6.81. The van der Waals surface area contributed by atoms with Crippen molar-refractivity contribution in [2.75, 3.05) is 46.5 Å². The van der Waals surface area contributed by atoms with Crippen molar-refractivity contribution in [1.29, 1.82) is 0 Å². The lowest BCUT2D eigenvalue weighted by atomic mass is 10.0. The number of nitrogens with one attached hydrogen (secondary N) is 2. The number of rotatable bonds is 8. The monoisotopic (exact) mass is 376 g/mol. The van der Waals surface area contributed by atoms with Crippen molar-refractivity contribution in [3.63, 3.8) is 0 Å². The molecule has 1 aliphatic rings. The highest BCUT2D eigenvalue weighted by atomic mass is 16.5. The summed E-state index contributed by atoms with van der Waals surface area (Å²) in [6, 6.07) is 8.23. The Morgan fingerprint density at radius 2 is 1.85 bits per heavy atom. The number of hydrogen-bond donors (Lipinski definition) is 2. The Balaban J connectivity index is 1.78. The molecule has 0 spiro atoms. The minimum atomic E-state index is 0.0524. The Labute approximate surface area is 164 Å². The molecule has 27 heavy (non-hydrogen) atoms. The third kappa shape index (κ3) is 7.39. The third-order valence-electron chi connectivity index (χ3n) is 4.75. The van der Waals surface area contributed by atoms with Gasteiger partial charge in [0.05, 0.1) is 19.8 Å². The van der Waals surface area contributed by atoms with E-state index in [1.807, 2.05) is 12.1 Å². The first-order chi connectivity index (χ1) is 12.9. The van der Waals surface area contributed by atoms with Crippen LogP contribution in [0.2, 0.25) is 0 Å². The average Bonchev–Trinajstić information content (AvgIpc) is 2.68. The maximum absolute atomic E-state index is 5.73. The van der Waals surface area contributed by atoms with Crippen molar-refractivity contribution >= 4 is 5.96 Å². The summed E-state index contributed by atoms with van der Waals surface area (Å²) in [5.74, 6) is 2.26. The Hall–Kier alpha value is -1.79. The summed E-state index contributed by atoms with van der Waals surface area (Å²) < 4.78 is 11.2. The van der Waals surface area contributed by atoms with Gasteiger partial charge in [-0.3, -0.25) is 9.89 Å². The molecule has 0 bridgehead atoms. The number of hydrogen-bond acceptors (Lipinski definition) is 4. The van der Waals surface area contributed by atoms with Gasteiger partial charge in [-0.2, -0.15) is 0 Å².